The molecule has 5 aromatic rings. The van der Waals surface area contributed by atoms with Crippen LogP contribution in [0, 0.1) is 36.0 Å². The number of fused-ring (bicyclic) bond motifs is 5. The van der Waals surface area contributed by atoms with E-state index in [9.17, 15) is 19.5 Å². The van der Waals surface area contributed by atoms with Crippen molar-refractivity contribution in [2.24, 2.45) is 36.1 Å². The van der Waals surface area contributed by atoms with Crippen LogP contribution in [-0.4, -0.2) is 50.0 Å². The topological polar surface area (TPSA) is 122 Å². The number of carbonyl (C=O) groups excluding carboxylic acids is 4. The summed E-state index contributed by atoms with van der Waals surface area (Å²) in [5.74, 6) is -3.76. The molecule has 2 aliphatic carbocycles. The Morgan fingerprint density at radius 3 is 2.53 bits per heavy atom. The number of nitrogens with zero attached hydrogens (tertiary/aromatic N) is 4. The molecule has 12 heteroatoms. The second-order valence-corrected chi connectivity index (χ2v) is 16.8. The van der Waals surface area contributed by atoms with Crippen molar-refractivity contribution in [3.05, 3.63) is 106 Å². The normalized spacial score (nSPS) is 26.1. The van der Waals surface area contributed by atoms with E-state index in [2.05, 4.69) is 0 Å². The molecular formula is C43H39ClN4O6S. The Labute approximate surface area is 326 Å². The summed E-state index contributed by atoms with van der Waals surface area (Å²) in [5.41, 5.74) is 2.79. The minimum atomic E-state index is -1.27. The number of phenols is 1. The zero-order valence-electron chi connectivity index (χ0n) is 30.8. The van der Waals surface area contributed by atoms with E-state index in [1.807, 2.05) is 75.4 Å². The number of ether oxygens (including phenoxy) is 1. The first-order valence-corrected chi connectivity index (χ1v) is 19.8. The quantitative estimate of drug-likeness (QED) is 0.132. The summed E-state index contributed by atoms with van der Waals surface area (Å²) in [6.45, 7) is 6.17. The number of imide groups is 2. The molecule has 4 amide bonds. The first kappa shape index (κ1) is 35.4. The van der Waals surface area contributed by atoms with Crippen LogP contribution in [0.1, 0.15) is 49.3 Å². The average molecular weight is 775 g/mol. The monoisotopic (exact) mass is 774 g/mol. The lowest BCUT2D eigenvalue weighted by Gasteiger charge is -2.49. The van der Waals surface area contributed by atoms with Crippen molar-refractivity contribution in [2.45, 2.75) is 46.1 Å². The molecule has 0 spiro atoms. The number of allylic oxidation sites excluding steroid dienone is 2. The molecule has 6 atom stereocenters. The fraction of sp³-hybridized carbons (Fsp3) is 0.326. The Hall–Kier alpha value is -5.26. The van der Waals surface area contributed by atoms with Crippen molar-refractivity contribution in [3.63, 3.8) is 0 Å². The molecule has 55 heavy (non-hydrogen) atoms. The Morgan fingerprint density at radius 1 is 0.982 bits per heavy atom. The van der Waals surface area contributed by atoms with Gasteiger partial charge < -0.3 is 9.84 Å². The van der Waals surface area contributed by atoms with Crippen LogP contribution in [0.5, 0.6) is 11.5 Å². The molecule has 2 aromatic heterocycles. The third kappa shape index (κ3) is 5.23. The van der Waals surface area contributed by atoms with Crippen LogP contribution in [0.15, 0.2) is 84.4 Å². The second-order valence-electron chi connectivity index (χ2n) is 15.3. The zero-order valence-corrected chi connectivity index (χ0v) is 32.4. The van der Waals surface area contributed by atoms with Crippen molar-refractivity contribution < 1.29 is 29.0 Å². The molecule has 1 N–H and O–H groups in total. The summed E-state index contributed by atoms with van der Waals surface area (Å²) in [6, 6.07) is 22.1. The highest BCUT2D eigenvalue weighted by Crippen LogP contribution is 2.64. The number of thiophene rings is 1. The van der Waals surface area contributed by atoms with Gasteiger partial charge in [0.15, 0.2) is 11.5 Å². The van der Waals surface area contributed by atoms with E-state index >= 15 is 4.79 Å². The van der Waals surface area contributed by atoms with Crippen LogP contribution >= 0.6 is 22.9 Å². The van der Waals surface area contributed by atoms with E-state index in [0.717, 1.165) is 31.7 Å². The lowest BCUT2D eigenvalue weighted by atomic mass is 9.51. The summed E-state index contributed by atoms with van der Waals surface area (Å²) in [4.78, 5) is 61.9. The minimum Gasteiger partial charge on any atom is -0.504 e. The van der Waals surface area contributed by atoms with E-state index in [0.29, 0.717) is 35.1 Å². The maximum Gasteiger partial charge on any atom is 0.242 e. The highest BCUT2D eigenvalue weighted by atomic mass is 35.5. The Kier molecular flexibility index (Phi) is 8.32. The minimum absolute atomic E-state index is 0.0397. The third-order valence-electron chi connectivity index (χ3n) is 12.4. The summed E-state index contributed by atoms with van der Waals surface area (Å²) in [5, 5.41) is 17.2. The van der Waals surface area contributed by atoms with Gasteiger partial charge in [-0.3, -0.25) is 28.8 Å². The second kappa shape index (κ2) is 12.9. The molecule has 0 bridgehead atoms. The number of hydrogen-bond donors (Lipinski definition) is 1. The van der Waals surface area contributed by atoms with Gasteiger partial charge in [-0.2, -0.15) is 5.10 Å². The molecule has 2 aliphatic heterocycles. The van der Waals surface area contributed by atoms with Gasteiger partial charge in [0.2, 0.25) is 23.6 Å². The fourth-order valence-corrected chi connectivity index (χ4v) is 11.1. The maximum atomic E-state index is 15.2. The number of rotatable bonds is 7. The number of aromatic nitrogens is 2. The number of amides is 4. The van der Waals surface area contributed by atoms with Crippen LogP contribution in [0.3, 0.4) is 0 Å². The van der Waals surface area contributed by atoms with Gasteiger partial charge in [0.25, 0.3) is 0 Å². The molecule has 4 aliphatic rings. The van der Waals surface area contributed by atoms with Crippen molar-refractivity contribution in [3.8, 4) is 22.1 Å². The number of carbonyl (C=O) groups is 4. The first-order chi connectivity index (χ1) is 26.4. The summed E-state index contributed by atoms with van der Waals surface area (Å²) in [7, 11) is 1.73. The van der Waals surface area contributed by atoms with Gasteiger partial charge in [-0.15, -0.1) is 11.3 Å². The number of likely N-dealkylation sites (tertiary alicyclic amines) is 1. The smallest absolute Gasteiger partial charge is 0.242 e. The highest BCUT2D eigenvalue weighted by Gasteiger charge is 2.68. The standard InChI is InChI=1S/C43H39ClN4O6S/c1-5-54-33-17-24(11-15-32(33)49)37-26-13-14-27-36(41(52)47(39(27)50)21-23-9-7-6-8-10-23)29(26)19-30-40(51)48(42(53)43(30,37)3)35-20-31(45-46(35)4)38-22(2)28-18-25(44)12-16-34(28)55-38/h6-13,15-18,20,27,29-30,36-37,49H,5,14,19,21H2,1-4H3. The van der Waals surface area contributed by atoms with Crippen LogP contribution in [0.25, 0.3) is 20.7 Å². The molecule has 3 aromatic carbocycles. The molecule has 280 valence electrons. The molecular weight excluding hydrogens is 736 g/mol. The van der Waals surface area contributed by atoms with Crippen molar-refractivity contribution in [1.29, 1.82) is 0 Å². The SMILES string of the molecule is CCOc1cc(C2C3=CCC4C(=O)N(Cc5ccccc5)C(=O)C4C3CC3C(=O)N(c4cc(-c5sc6ccc(Cl)cc6c5C)nn4C)C(=O)C32C)ccc1O. The maximum absolute atomic E-state index is 15.2. The van der Waals surface area contributed by atoms with Crippen molar-refractivity contribution >= 4 is 62.5 Å². The molecule has 4 heterocycles. The van der Waals surface area contributed by atoms with Gasteiger partial charge in [-0.05, 0) is 91.9 Å². The number of halogens is 1. The Bertz CT molecular complexity index is 2490. The molecule has 1 saturated carbocycles. The summed E-state index contributed by atoms with van der Waals surface area (Å²) >= 11 is 7.90. The molecule has 2 saturated heterocycles. The van der Waals surface area contributed by atoms with E-state index in [1.165, 1.54) is 9.80 Å². The van der Waals surface area contributed by atoms with E-state index in [-0.39, 0.29) is 48.1 Å². The predicted molar refractivity (Wildman–Crippen MR) is 210 cm³/mol. The van der Waals surface area contributed by atoms with E-state index < -0.39 is 35.0 Å². The van der Waals surface area contributed by atoms with Crippen molar-refractivity contribution in [1.82, 2.24) is 14.7 Å². The van der Waals surface area contributed by atoms with E-state index in [1.54, 1.807) is 47.3 Å². The number of aromatic hydroxyl groups is 1. The molecule has 6 unspecified atom stereocenters. The van der Waals surface area contributed by atoms with Gasteiger partial charge in [0.1, 0.15) is 11.5 Å². The zero-order chi connectivity index (χ0) is 38.5. The molecule has 10 nitrogen and oxygen atoms in total. The number of aryl methyl sites for hydroxylation is 2. The number of anilines is 1. The van der Waals surface area contributed by atoms with Crippen molar-refractivity contribution in [2.75, 3.05) is 11.5 Å². The van der Waals surface area contributed by atoms with Gasteiger partial charge in [-0.1, -0.05) is 59.6 Å². The van der Waals surface area contributed by atoms with Gasteiger partial charge >= 0.3 is 0 Å². The van der Waals surface area contributed by atoms with Crippen LogP contribution < -0.4 is 9.64 Å². The first-order valence-electron chi connectivity index (χ1n) is 18.6. The molecule has 0 radical (unpaired) electrons. The fourth-order valence-electron chi connectivity index (χ4n) is 9.80. The van der Waals surface area contributed by atoms with Crippen LogP contribution in [0.2, 0.25) is 5.02 Å². The van der Waals surface area contributed by atoms with Gasteiger partial charge in [0, 0.05) is 28.8 Å². The lowest BCUT2D eigenvalue weighted by molar-refractivity contribution is -0.141. The molecule has 3 fully saturated rings. The summed E-state index contributed by atoms with van der Waals surface area (Å²) < 4.78 is 8.43. The average Bonchev–Trinajstić information content (AvgIpc) is 3.84. The van der Waals surface area contributed by atoms with Crippen LogP contribution in [-0.2, 0) is 32.8 Å². The van der Waals surface area contributed by atoms with E-state index in [4.69, 9.17) is 21.4 Å². The number of hydrogen-bond acceptors (Lipinski definition) is 8. The Morgan fingerprint density at radius 2 is 1.76 bits per heavy atom. The third-order valence-corrected chi connectivity index (χ3v) is 13.9. The Balaban J connectivity index is 1.14. The molecule has 9 rings (SSSR count). The predicted octanol–water partition coefficient (Wildman–Crippen LogP) is 7.80. The van der Waals surface area contributed by atoms with Crippen LogP contribution in [0.4, 0.5) is 5.82 Å². The summed E-state index contributed by atoms with van der Waals surface area (Å²) in [6.07, 6.45) is 2.61. The van der Waals surface area contributed by atoms with Gasteiger partial charge in [0.05, 0.1) is 41.2 Å². The number of benzene rings is 3. The largest absolute Gasteiger partial charge is 0.504 e. The van der Waals surface area contributed by atoms with Gasteiger partial charge in [-0.25, -0.2) is 4.90 Å². The highest BCUT2D eigenvalue weighted by molar-refractivity contribution is 7.22. The lowest BCUT2D eigenvalue weighted by Crippen LogP contribution is -2.48. The number of phenolic OH excluding ortho intramolecular Hbond substituents is 1.